The minimum absolute atomic E-state index is 0. The van der Waals surface area contributed by atoms with Crippen LogP contribution in [0.2, 0.25) is 0 Å². The van der Waals surface area contributed by atoms with Crippen molar-refractivity contribution >= 4 is 47.5 Å². The van der Waals surface area contributed by atoms with E-state index >= 15 is 0 Å². The van der Waals surface area contributed by atoms with E-state index in [1.807, 2.05) is 30.3 Å². The van der Waals surface area contributed by atoms with Crippen LogP contribution >= 0.6 is 24.0 Å². The molecule has 2 unspecified atom stereocenters. The highest BCUT2D eigenvalue weighted by atomic mass is 127. The van der Waals surface area contributed by atoms with Gasteiger partial charge in [0.15, 0.2) is 17.4 Å². The smallest absolute Gasteiger partial charge is 0.319 e. The molecular formula is C28H39IO10. The standard InChI is InChI=1S/C17H20O5.C10H14O5.CH4.HI/c1-20-15(19)16(11-13-5-3-2-4-6-13)12-17(8-7-14(16)18)21-9-10-22-17;1-13-9(12)7-6-10(3-2-8(7)11)14-4-5-15-10;;/h2-6H,7-12H2,1H3;7H,2-6H2,1H3;1H4;1H. The number of Topliss-reactive ketones (excluding diaryl/α,β-unsaturated/α-hetero) is 2. The van der Waals surface area contributed by atoms with Gasteiger partial charge in [0.25, 0.3) is 0 Å². The molecule has 2 aliphatic carbocycles. The highest BCUT2D eigenvalue weighted by Gasteiger charge is 2.57. The third-order valence-corrected chi connectivity index (χ3v) is 7.53. The maximum atomic E-state index is 12.6. The maximum absolute atomic E-state index is 12.6. The number of rotatable bonds is 4. The molecule has 2 saturated heterocycles. The van der Waals surface area contributed by atoms with E-state index in [1.54, 1.807) is 0 Å². The van der Waals surface area contributed by atoms with Crippen LogP contribution in [0.15, 0.2) is 30.3 Å². The zero-order valence-corrected chi connectivity index (χ0v) is 24.1. The SMILES string of the molecule is C.COC(=O)C1(Cc2ccccc2)CC2(CCC1=O)OCCO2.COC(=O)C1CC2(CCC1=O)OCCO2.I. The predicted molar refractivity (Wildman–Crippen MR) is 149 cm³/mol. The Hall–Kier alpha value is -1.93. The second-order valence-electron chi connectivity index (χ2n) is 9.80. The van der Waals surface area contributed by atoms with Gasteiger partial charge in [0.2, 0.25) is 0 Å². The molecule has 11 heteroatoms. The Morgan fingerprint density at radius 1 is 0.872 bits per heavy atom. The van der Waals surface area contributed by atoms with Crippen LogP contribution in [0.1, 0.15) is 51.5 Å². The van der Waals surface area contributed by atoms with Crippen molar-refractivity contribution in [1.82, 2.24) is 0 Å². The van der Waals surface area contributed by atoms with E-state index in [-0.39, 0.29) is 55.8 Å². The monoisotopic (exact) mass is 662 g/mol. The molecule has 1 aromatic rings. The summed E-state index contributed by atoms with van der Waals surface area (Å²) in [5.74, 6) is -3.41. The fraction of sp³-hybridized carbons (Fsp3) is 0.643. The molecule has 2 spiro atoms. The van der Waals surface area contributed by atoms with Gasteiger partial charge in [0.05, 0.1) is 40.6 Å². The van der Waals surface area contributed by atoms with Crippen LogP contribution in [0.4, 0.5) is 0 Å². The summed E-state index contributed by atoms with van der Waals surface area (Å²) in [4.78, 5) is 48.0. The summed E-state index contributed by atoms with van der Waals surface area (Å²) in [6.45, 7) is 2.05. The summed E-state index contributed by atoms with van der Waals surface area (Å²) in [5, 5.41) is 0. The molecule has 10 nitrogen and oxygen atoms in total. The van der Waals surface area contributed by atoms with Crippen molar-refractivity contribution in [3.8, 4) is 0 Å². The van der Waals surface area contributed by atoms with Crippen LogP contribution in [-0.2, 0) is 54.0 Å². The first-order valence-corrected chi connectivity index (χ1v) is 12.6. The van der Waals surface area contributed by atoms with Crippen molar-refractivity contribution in [2.75, 3.05) is 40.6 Å². The molecule has 2 atom stereocenters. The number of halogens is 1. The van der Waals surface area contributed by atoms with Crippen LogP contribution in [0.25, 0.3) is 0 Å². The minimum atomic E-state index is -1.22. The number of ketones is 2. The first-order chi connectivity index (χ1) is 17.8. The number of hydrogen-bond donors (Lipinski definition) is 0. The highest BCUT2D eigenvalue weighted by Crippen LogP contribution is 2.46. The fourth-order valence-electron chi connectivity index (χ4n) is 5.62. The molecule has 2 heterocycles. The summed E-state index contributed by atoms with van der Waals surface area (Å²) in [6.07, 6.45) is 2.45. The molecule has 4 aliphatic rings. The molecule has 0 aromatic heterocycles. The molecule has 1 aromatic carbocycles. The van der Waals surface area contributed by atoms with Gasteiger partial charge in [-0.25, -0.2) is 0 Å². The van der Waals surface area contributed by atoms with E-state index in [9.17, 15) is 19.2 Å². The number of ether oxygens (including phenoxy) is 6. The Morgan fingerprint density at radius 2 is 1.44 bits per heavy atom. The second-order valence-corrected chi connectivity index (χ2v) is 9.80. The zero-order valence-electron chi connectivity index (χ0n) is 21.7. The number of benzene rings is 1. The number of esters is 2. The van der Waals surface area contributed by atoms with Gasteiger partial charge < -0.3 is 28.4 Å². The molecule has 2 saturated carbocycles. The van der Waals surface area contributed by atoms with Gasteiger partial charge in [-0.05, 0) is 12.0 Å². The average molecular weight is 663 g/mol. The topological polar surface area (TPSA) is 124 Å². The third-order valence-electron chi connectivity index (χ3n) is 7.53. The van der Waals surface area contributed by atoms with E-state index in [0.717, 1.165) is 5.56 Å². The molecule has 0 radical (unpaired) electrons. The van der Waals surface area contributed by atoms with Crippen LogP contribution in [0, 0.1) is 11.3 Å². The van der Waals surface area contributed by atoms with Crippen LogP contribution in [0.5, 0.6) is 0 Å². The van der Waals surface area contributed by atoms with Crippen molar-refractivity contribution in [2.45, 2.75) is 63.9 Å². The molecule has 218 valence electrons. The molecular weight excluding hydrogens is 623 g/mol. The van der Waals surface area contributed by atoms with Gasteiger partial charge in [-0.3, -0.25) is 19.2 Å². The number of hydrogen-bond acceptors (Lipinski definition) is 10. The lowest BCUT2D eigenvalue weighted by Gasteiger charge is -2.41. The normalized spacial score (nSPS) is 26.6. The average Bonchev–Trinajstić information content (AvgIpc) is 3.58. The van der Waals surface area contributed by atoms with Crippen molar-refractivity contribution in [3.63, 3.8) is 0 Å². The Balaban J connectivity index is 0.000000277. The van der Waals surface area contributed by atoms with E-state index < -0.39 is 34.8 Å². The van der Waals surface area contributed by atoms with Crippen molar-refractivity contribution in [3.05, 3.63) is 35.9 Å². The van der Waals surface area contributed by atoms with E-state index in [2.05, 4.69) is 4.74 Å². The number of carbonyl (C=O) groups is 4. The summed E-state index contributed by atoms with van der Waals surface area (Å²) >= 11 is 0. The first-order valence-electron chi connectivity index (χ1n) is 12.6. The van der Waals surface area contributed by atoms with Gasteiger partial charge in [-0.1, -0.05) is 37.8 Å². The lowest BCUT2D eigenvalue weighted by atomic mass is 9.67. The van der Waals surface area contributed by atoms with Gasteiger partial charge in [0, 0.05) is 38.5 Å². The van der Waals surface area contributed by atoms with Gasteiger partial charge >= 0.3 is 11.9 Å². The summed E-state index contributed by atoms with van der Waals surface area (Å²) in [7, 11) is 2.60. The third kappa shape index (κ3) is 7.24. The second kappa shape index (κ2) is 14.1. The molecule has 0 bridgehead atoms. The van der Waals surface area contributed by atoms with Gasteiger partial charge in [0.1, 0.15) is 17.1 Å². The minimum Gasteiger partial charge on any atom is -0.468 e. The Kier molecular flexibility index (Phi) is 12.0. The quantitative estimate of drug-likeness (QED) is 0.269. The van der Waals surface area contributed by atoms with Crippen LogP contribution in [-0.4, -0.2) is 75.7 Å². The Morgan fingerprint density at radius 3 is 2.00 bits per heavy atom. The molecule has 0 N–H and O–H groups in total. The molecule has 5 rings (SSSR count). The Bertz CT molecular complexity index is 983. The lowest BCUT2D eigenvalue weighted by Crippen LogP contribution is -2.53. The first kappa shape index (κ1) is 33.3. The highest BCUT2D eigenvalue weighted by molar-refractivity contribution is 14.0. The molecule has 2 aliphatic heterocycles. The van der Waals surface area contributed by atoms with E-state index in [1.165, 1.54) is 14.2 Å². The summed E-state index contributed by atoms with van der Waals surface area (Å²) in [6, 6.07) is 9.52. The molecule has 0 amide bonds. The van der Waals surface area contributed by atoms with E-state index in [4.69, 9.17) is 23.7 Å². The molecule has 39 heavy (non-hydrogen) atoms. The van der Waals surface area contributed by atoms with Crippen LogP contribution in [0.3, 0.4) is 0 Å². The Labute approximate surface area is 246 Å². The fourth-order valence-corrected chi connectivity index (χ4v) is 5.62. The van der Waals surface area contributed by atoms with Gasteiger partial charge in [-0.15, -0.1) is 24.0 Å². The number of carbonyl (C=O) groups excluding carboxylic acids is 4. The molecule has 4 fully saturated rings. The maximum Gasteiger partial charge on any atom is 0.319 e. The van der Waals surface area contributed by atoms with Crippen molar-refractivity contribution in [2.24, 2.45) is 11.3 Å². The number of methoxy groups -OCH3 is 2. The van der Waals surface area contributed by atoms with Crippen molar-refractivity contribution < 1.29 is 47.6 Å². The van der Waals surface area contributed by atoms with Gasteiger partial charge in [-0.2, -0.15) is 0 Å². The summed E-state index contributed by atoms with van der Waals surface area (Å²) in [5.41, 5.74) is -0.296. The zero-order chi connectivity index (χ0) is 26.5. The summed E-state index contributed by atoms with van der Waals surface area (Å²) < 4.78 is 32.0. The van der Waals surface area contributed by atoms with Crippen LogP contribution < -0.4 is 0 Å². The lowest BCUT2D eigenvalue weighted by molar-refractivity contribution is -0.208. The van der Waals surface area contributed by atoms with Crippen molar-refractivity contribution in [1.29, 1.82) is 0 Å². The predicted octanol–water partition coefficient (Wildman–Crippen LogP) is 3.41. The van der Waals surface area contributed by atoms with E-state index in [0.29, 0.717) is 58.5 Å². The largest absolute Gasteiger partial charge is 0.468 e.